The molecule has 1 aliphatic heterocycles. The molecule has 0 spiro atoms. The van der Waals surface area contributed by atoms with Gasteiger partial charge in [-0.1, -0.05) is 6.08 Å². The van der Waals surface area contributed by atoms with Gasteiger partial charge in [0.1, 0.15) is 0 Å². The minimum atomic E-state index is 0.0606. The summed E-state index contributed by atoms with van der Waals surface area (Å²) in [6.45, 7) is 8.71. The zero-order chi connectivity index (χ0) is 19.2. The van der Waals surface area contributed by atoms with Crippen molar-refractivity contribution < 1.29 is 4.79 Å². The highest BCUT2D eigenvalue weighted by molar-refractivity contribution is 7.08. The maximum Gasteiger partial charge on any atom is 0.193 e. The van der Waals surface area contributed by atoms with Crippen LogP contribution < -0.4 is 5.84 Å². The third kappa shape index (κ3) is 3.33. The Balaban J connectivity index is 1.73. The van der Waals surface area contributed by atoms with Gasteiger partial charge in [0, 0.05) is 52.3 Å². The number of ketones is 1. The van der Waals surface area contributed by atoms with Crippen molar-refractivity contribution in [1.82, 2.24) is 9.58 Å². The number of hydrogen-bond acceptors (Lipinski definition) is 4. The second kappa shape index (κ2) is 6.66. The van der Waals surface area contributed by atoms with E-state index in [1.807, 2.05) is 41.2 Å². The van der Waals surface area contributed by atoms with Crippen molar-refractivity contribution in [2.24, 2.45) is 0 Å². The van der Waals surface area contributed by atoms with Crippen LogP contribution in [-0.4, -0.2) is 34.0 Å². The Morgan fingerprint density at radius 1 is 1.19 bits per heavy atom. The molecule has 5 heteroatoms. The fraction of sp³-hybridized carbons (Fsp3) is 0.318. The summed E-state index contributed by atoms with van der Waals surface area (Å²) in [5.74, 6) is 6.26. The molecule has 0 bridgehead atoms. The first-order valence-corrected chi connectivity index (χ1v) is 10.2. The molecule has 2 aromatic heterocycles. The number of nitrogen functional groups attached to an aromatic ring is 1. The Morgan fingerprint density at radius 2 is 2.00 bits per heavy atom. The van der Waals surface area contributed by atoms with Crippen molar-refractivity contribution in [3.63, 3.8) is 0 Å². The molecule has 0 radical (unpaired) electrons. The Hall–Kier alpha value is -2.37. The topological polar surface area (TPSA) is 51.3 Å². The van der Waals surface area contributed by atoms with Gasteiger partial charge in [-0.3, -0.25) is 14.4 Å². The SMILES string of the molecule is CC(C)(C)N1CC=C(c2cn(N)c3ccc(C(=O)c4ccsc4)cc23)CC1. The largest absolute Gasteiger partial charge is 0.339 e. The smallest absolute Gasteiger partial charge is 0.193 e. The average Bonchev–Trinajstić information content (AvgIpc) is 3.29. The summed E-state index contributed by atoms with van der Waals surface area (Å²) in [4.78, 5) is 15.2. The number of nitrogens with two attached hydrogens (primary N) is 1. The van der Waals surface area contributed by atoms with Gasteiger partial charge in [-0.2, -0.15) is 11.3 Å². The molecule has 0 amide bonds. The molecule has 4 rings (SSSR count). The standard InChI is InChI=1S/C22H25N3OS/c1-22(2,3)24-9-6-15(7-10-24)19-13-25(23)20-5-4-16(12-18(19)20)21(26)17-8-11-27-14-17/h4-6,8,11-14H,7,9-10,23H2,1-3H3. The fourth-order valence-electron chi connectivity index (χ4n) is 3.74. The molecule has 0 atom stereocenters. The maximum atomic E-state index is 12.7. The lowest BCUT2D eigenvalue weighted by Crippen LogP contribution is -2.43. The van der Waals surface area contributed by atoms with Crippen LogP contribution in [0.2, 0.25) is 0 Å². The number of benzene rings is 1. The van der Waals surface area contributed by atoms with E-state index < -0.39 is 0 Å². The predicted octanol–water partition coefficient (Wildman–Crippen LogP) is 4.54. The van der Waals surface area contributed by atoms with Crippen molar-refractivity contribution in [3.8, 4) is 0 Å². The lowest BCUT2D eigenvalue weighted by molar-refractivity contribution is 0.103. The van der Waals surface area contributed by atoms with Crippen molar-refractivity contribution >= 4 is 33.6 Å². The molecule has 3 heterocycles. The van der Waals surface area contributed by atoms with Crippen molar-refractivity contribution in [2.45, 2.75) is 32.7 Å². The second-order valence-corrected chi connectivity index (χ2v) is 8.90. The summed E-state index contributed by atoms with van der Waals surface area (Å²) >= 11 is 1.54. The first-order valence-electron chi connectivity index (χ1n) is 9.26. The first-order chi connectivity index (χ1) is 12.8. The molecule has 2 N–H and O–H groups in total. The van der Waals surface area contributed by atoms with E-state index in [1.54, 1.807) is 4.68 Å². The lowest BCUT2D eigenvalue weighted by atomic mass is 9.94. The van der Waals surface area contributed by atoms with Crippen molar-refractivity contribution in [2.75, 3.05) is 18.9 Å². The van der Waals surface area contributed by atoms with Gasteiger partial charge in [-0.05, 0) is 62.4 Å². The molecular weight excluding hydrogens is 354 g/mol. The maximum absolute atomic E-state index is 12.7. The fourth-order valence-corrected chi connectivity index (χ4v) is 4.37. The third-order valence-corrected chi connectivity index (χ3v) is 6.07. The van der Waals surface area contributed by atoms with Gasteiger partial charge in [0.25, 0.3) is 0 Å². The lowest BCUT2D eigenvalue weighted by Gasteiger charge is -2.37. The average molecular weight is 380 g/mol. The van der Waals surface area contributed by atoms with Crippen molar-refractivity contribution in [3.05, 3.63) is 64.0 Å². The van der Waals surface area contributed by atoms with Gasteiger partial charge in [0.2, 0.25) is 0 Å². The van der Waals surface area contributed by atoms with Crippen LogP contribution in [0.15, 0.2) is 47.3 Å². The van der Waals surface area contributed by atoms with Crippen LogP contribution in [0.1, 0.15) is 48.7 Å². The Labute approximate surface area is 163 Å². The van der Waals surface area contributed by atoms with E-state index in [-0.39, 0.29) is 11.3 Å². The minimum Gasteiger partial charge on any atom is -0.339 e. The van der Waals surface area contributed by atoms with E-state index >= 15 is 0 Å². The molecule has 1 aliphatic rings. The van der Waals surface area contributed by atoms with E-state index in [0.29, 0.717) is 5.56 Å². The number of nitrogens with zero attached hydrogens (tertiary/aromatic N) is 2. The van der Waals surface area contributed by atoms with Gasteiger partial charge in [0.05, 0.1) is 5.52 Å². The number of rotatable bonds is 3. The number of thiophene rings is 1. The van der Waals surface area contributed by atoms with Crippen LogP contribution in [0.5, 0.6) is 0 Å². The molecule has 3 aromatic rings. The van der Waals surface area contributed by atoms with Crippen LogP contribution in [0.25, 0.3) is 16.5 Å². The first kappa shape index (κ1) is 18.0. The summed E-state index contributed by atoms with van der Waals surface area (Å²) in [6, 6.07) is 7.68. The normalized spacial score (nSPS) is 15.9. The van der Waals surface area contributed by atoms with Crippen LogP contribution in [0.3, 0.4) is 0 Å². The Kier molecular flexibility index (Phi) is 4.44. The molecule has 0 unspecified atom stereocenters. The molecule has 140 valence electrons. The van der Waals surface area contributed by atoms with Gasteiger partial charge < -0.3 is 5.84 Å². The number of carbonyl (C=O) groups excluding carboxylic acids is 1. The van der Waals surface area contributed by atoms with Crippen molar-refractivity contribution in [1.29, 1.82) is 0 Å². The zero-order valence-corrected chi connectivity index (χ0v) is 16.8. The highest BCUT2D eigenvalue weighted by Gasteiger charge is 2.24. The molecule has 4 nitrogen and oxygen atoms in total. The van der Waals surface area contributed by atoms with E-state index in [4.69, 9.17) is 5.84 Å². The monoisotopic (exact) mass is 379 g/mol. The summed E-state index contributed by atoms with van der Waals surface area (Å²) in [6.07, 6.45) is 5.28. The summed E-state index contributed by atoms with van der Waals surface area (Å²) in [5.41, 5.74) is 5.02. The van der Waals surface area contributed by atoms with E-state index in [2.05, 4.69) is 31.7 Å². The predicted molar refractivity (Wildman–Crippen MR) is 114 cm³/mol. The summed E-state index contributed by atoms with van der Waals surface area (Å²) in [7, 11) is 0. The van der Waals surface area contributed by atoms with Crippen LogP contribution >= 0.6 is 11.3 Å². The zero-order valence-electron chi connectivity index (χ0n) is 16.0. The Morgan fingerprint density at radius 3 is 2.63 bits per heavy atom. The quantitative estimate of drug-likeness (QED) is 0.537. The van der Waals surface area contributed by atoms with E-state index in [0.717, 1.165) is 41.5 Å². The molecule has 27 heavy (non-hydrogen) atoms. The van der Waals surface area contributed by atoms with Crippen LogP contribution in [0.4, 0.5) is 0 Å². The van der Waals surface area contributed by atoms with E-state index in [9.17, 15) is 4.79 Å². The number of carbonyl (C=O) groups is 1. The summed E-state index contributed by atoms with van der Waals surface area (Å²) in [5, 5.41) is 4.88. The molecule has 0 saturated carbocycles. The highest BCUT2D eigenvalue weighted by Crippen LogP contribution is 2.32. The number of hydrogen-bond donors (Lipinski definition) is 1. The highest BCUT2D eigenvalue weighted by atomic mass is 32.1. The molecular formula is C22H25N3OS. The van der Waals surface area contributed by atoms with Gasteiger partial charge >= 0.3 is 0 Å². The third-order valence-electron chi connectivity index (χ3n) is 5.38. The molecule has 0 aliphatic carbocycles. The van der Waals surface area contributed by atoms with Gasteiger partial charge in [-0.15, -0.1) is 0 Å². The minimum absolute atomic E-state index is 0.0606. The molecule has 1 aromatic carbocycles. The Bertz CT molecular complexity index is 1020. The van der Waals surface area contributed by atoms with Crippen LogP contribution in [-0.2, 0) is 0 Å². The number of fused-ring (bicyclic) bond motifs is 1. The summed E-state index contributed by atoms with van der Waals surface area (Å²) < 4.78 is 1.67. The molecule has 0 saturated heterocycles. The second-order valence-electron chi connectivity index (χ2n) is 8.12. The van der Waals surface area contributed by atoms with Gasteiger partial charge in [-0.25, -0.2) is 0 Å². The van der Waals surface area contributed by atoms with E-state index in [1.165, 1.54) is 16.9 Å². The van der Waals surface area contributed by atoms with Crippen LogP contribution in [0, 0.1) is 0 Å². The number of aromatic nitrogens is 1. The molecule has 0 fully saturated rings. The van der Waals surface area contributed by atoms with Gasteiger partial charge in [0.15, 0.2) is 5.78 Å².